The molecule has 154 valence electrons. The minimum atomic E-state index is -1.64. The fourth-order valence-electron chi connectivity index (χ4n) is 3.25. The van der Waals surface area contributed by atoms with Crippen molar-refractivity contribution in [3.05, 3.63) is 71.8 Å². The molecule has 1 N–H and O–H groups in total. The highest BCUT2D eigenvalue weighted by atomic mass is 28.4. The van der Waals surface area contributed by atoms with Crippen molar-refractivity contribution in [3.8, 4) is 0 Å². The van der Waals surface area contributed by atoms with Gasteiger partial charge in [-0.2, -0.15) is 0 Å². The molecule has 2 aromatic carbocycles. The predicted octanol–water partition coefficient (Wildman–Crippen LogP) is 6.96. The fraction of sp³-hybridized carbons (Fsp3) is 0.520. The molecule has 0 spiro atoms. The summed E-state index contributed by atoms with van der Waals surface area (Å²) in [6.07, 6.45) is 2.28. The van der Waals surface area contributed by atoms with E-state index in [0.29, 0.717) is 12.0 Å². The van der Waals surface area contributed by atoms with Gasteiger partial charge in [0, 0.05) is 19.2 Å². The molecule has 2 rings (SSSR count). The molecular weight excluding hydrogens is 358 g/mol. The van der Waals surface area contributed by atoms with E-state index < -0.39 is 8.32 Å². The predicted molar refractivity (Wildman–Crippen MR) is 124 cm³/mol. The highest BCUT2D eigenvalue weighted by molar-refractivity contribution is 6.74. The maximum absolute atomic E-state index is 6.38. The molecule has 0 unspecified atom stereocenters. The first-order chi connectivity index (χ1) is 13.2. The smallest absolute Gasteiger partial charge is 0.191 e. The number of nitrogens with one attached hydrogen (secondary N) is 1. The van der Waals surface area contributed by atoms with E-state index in [1.807, 2.05) is 0 Å². The zero-order chi connectivity index (χ0) is 20.6. The van der Waals surface area contributed by atoms with Gasteiger partial charge in [-0.25, -0.2) is 0 Å². The largest absolute Gasteiger partial charge is 0.417 e. The third kappa shape index (κ3) is 6.88. The highest BCUT2D eigenvalue weighted by Gasteiger charge is 2.36. The van der Waals surface area contributed by atoms with Crippen LogP contribution >= 0.6 is 0 Å². The molecule has 3 heteroatoms. The molecule has 28 heavy (non-hydrogen) atoms. The first-order valence-corrected chi connectivity index (χ1v) is 13.6. The van der Waals surface area contributed by atoms with Crippen LogP contribution in [0.3, 0.4) is 0 Å². The molecule has 0 aromatic heterocycles. The summed E-state index contributed by atoms with van der Waals surface area (Å²) in [6.45, 7) is 15.7. The number of hydrogen-bond acceptors (Lipinski definition) is 2. The molecule has 0 bridgehead atoms. The molecule has 0 aliphatic rings. The molecule has 0 aliphatic heterocycles. The van der Waals surface area contributed by atoms with Crippen LogP contribution in [0.4, 0.5) is 0 Å². The minimum absolute atomic E-state index is 0.280. The maximum Gasteiger partial charge on any atom is 0.191 e. The normalized spacial score (nSPS) is 14.6. The van der Waals surface area contributed by atoms with E-state index in [2.05, 4.69) is 107 Å². The lowest BCUT2D eigenvalue weighted by molar-refractivity contribution is 0.258. The molecule has 0 amide bonds. The Bertz CT molecular complexity index is 679. The second kappa shape index (κ2) is 10.4. The minimum Gasteiger partial charge on any atom is -0.417 e. The average Bonchev–Trinajstić information content (AvgIpc) is 2.66. The van der Waals surface area contributed by atoms with Crippen molar-refractivity contribution in [3.63, 3.8) is 0 Å². The molecule has 0 radical (unpaired) electrons. The zero-order valence-electron chi connectivity index (χ0n) is 18.7. The van der Waals surface area contributed by atoms with Crippen LogP contribution in [0, 0.1) is 5.92 Å². The van der Waals surface area contributed by atoms with E-state index in [4.69, 9.17) is 4.43 Å². The number of rotatable bonds is 10. The Labute approximate surface area is 173 Å². The summed E-state index contributed by atoms with van der Waals surface area (Å²) >= 11 is 0. The van der Waals surface area contributed by atoms with Crippen molar-refractivity contribution in [1.82, 2.24) is 5.32 Å². The van der Waals surface area contributed by atoms with Crippen molar-refractivity contribution in [2.24, 2.45) is 5.92 Å². The summed E-state index contributed by atoms with van der Waals surface area (Å²) in [5.74, 6) is 0.550. The molecule has 0 fully saturated rings. The van der Waals surface area contributed by atoms with Gasteiger partial charge in [0.15, 0.2) is 8.32 Å². The van der Waals surface area contributed by atoms with E-state index in [0.717, 1.165) is 26.0 Å². The molecule has 2 nitrogen and oxygen atoms in total. The summed E-state index contributed by atoms with van der Waals surface area (Å²) in [6, 6.07) is 21.9. The number of benzene rings is 2. The summed E-state index contributed by atoms with van der Waals surface area (Å²) in [4.78, 5) is 0. The van der Waals surface area contributed by atoms with Crippen LogP contribution < -0.4 is 5.32 Å². The summed E-state index contributed by atoms with van der Waals surface area (Å²) in [5, 5.41) is 4.08. The summed E-state index contributed by atoms with van der Waals surface area (Å²) < 4.78 is 6.38. The molecule has 0 heterocycles. The van der Waals surface area contributed by atoms with E-state index >= 15 is 0 Å². The van der Waals surface area contributed by atoms with Gasteiger partial charge in [-0.15, -0.1) is 0 Å². The molecule has 0 saturated heterocycles. The third-order valence-electron chi connectivity index (χ3n) is 6.17. The lowest BCUT2D eigenvalue weighted by Crippen LogP contribution is -2.41. The Morgan fingerprint density at radius 2 is 1.50 bits per heavy atom. The maximum atomic E-state index is 6.38. The van der Waals surface area contributed by atoms with Gasteiger partial charge in [0.05, 0.1) is 0 Å². The standard InChI is InChI=1S/C25H39NOSi/c1-21(14-13-19-27-28(5,6)25(2,3)4)24(23-17-11-8-12-18-23)26-20-22-15-9-7-10-16-22/h7-12,15-18,21,24,26H,13-14,19-20H2,1-6H3/t21-,24+/m1/s1. The molecule has 0 aliphatic carbocycles. The first kappa shape index (κ1) is 22.9. The SMILES string of the molecule is C[C@H](CCCO[Si](C)(C)C(C)(C)C)[C@H](NCc1ccccc1)c1ccccc1. The van der Waals surface area contributed by atoms with Gasteiger partial charge in [0.1, 0.15) is 0 Å². The van der Waals surface area contributed by atoms with Crippen LogP contribution in [0.25, 0.3) is 0 Å². The topological polar surface area (TPSA) is 21.3 Å². The molecule has 0 saturated carbocycles. The van der Waals surface area contributed by atoms with E-state index in [1.165, 1.54) is 11.1 Å². The van der Waals surface area contributed by atoms with Crippen LogP contribution in [-0.4, -0.2) is 14.9 Å². The van der Waals surface area contributed by atoms with Gasteiger partial charge < -0.3 is 9.74 Å². The molecule has 2 aromatic rings. The zero-order valence-corrected chi connectivity index (χ0v) is 19.7. The van der Waals surface area contributed by atoms with Crippen molar-refractivity contribution in [2.75, 3.05) is 6.61 Å². The van der Waals surface area contributed by atoms with Crippen LogP contribution in [0.2, 0.25) is 18.1 Å². The van der Waals surface area contributed by atoms with Crippen LogP contribution in [0.15, 0.2) is 60.7 Å². The van der Waals surface area contributed by atoms with Gasteiger partial charge in [-0.05, 0) is 48.0 Å². The Kier molecular flexibility index (Phi) is 8.48. The Balaban J connectivity index is 1.93. The fourth-order valence-corrected chi connectivity index (χ4v) is 4.34. The van der Waals surface area contributed by atoms with Gasteiger partial charge in [0.2, 0.25) is 0 Å². The first-order valence-electron chi connectivity index (χ1n) is 10.7. The highest BCUT2D eigenvalue weighted by Crippen LogP contribution is 2.36. The van der Waals surface area contributed by atoms with Gasteiger partial charge >= 0.3 is 0 Å². The second-order valence-corrected chi connectivity index (χ2v) is 14.3. The molecular formula is C25H39NOSi. The third-order valence-corrected chi connectivity index (χ3v) is 10.7. The van der Waals surface area contributed by atoms with E-state index in [9.17, 15) is 0 Å². The van der Waals surface area contributed by atoms with Crippen LogP contribution in [0.5, 0.6) is 0 Å². The van der Waals surface area contributed by atoms with Crippen LogP contribution in [0.1, 0.15) is 57.7 Å². The Morgan fingerprint density at radius 3 is 2.07 bits per heavy atom. The lowest BCUT2D eigenvalue weighted by Gasteiger charge is -2.36. The van der Waals surface area contributed by atoms with Gasteiger partial charge in [0.25, 0.3) is 0 Å². The van der Waals surface area contributed by atoms with Gasteiger partial charge in [-0.1, -0.05) is 88.4 Å². The lowest BCUT2D eigenvalue weighted by atomic mass is 9.90. The Hall–Kier alpha value is -1.42. The quantitative estimate of drug-likeness (QED) is 0.346. The van der Waals surface area contributed by atoms with Crippen molar-refractivity contribution < 1.29 is 4.43 Å². The van der Waals surface area contributed by atoms with E-state index in [1.54, 1.807) is 0 Å². The van der Waals surface area contributed by atoms with Crippen LogP contribution in [-0.2, 0) is 11.0 Å². The Morgan fingerprint density at radius 1 is 0.929 bits per heavy atom. The monoisotopic (exact) mass is 397 g/mol. The van der Waals surface area contributed by atoms with E-state index in [-0.39, 0.29) is 5.04 Å². The average molecular weight is 398 g/mol. The summed E-state index contributed by atoms with van der Waals surface area (Å²) in [5.41, 5.74) is 2.70. The summed E-state index contributed by atoms with van der Waals surface area (Å²) in [7, 11) is -1.64. The van der Waals surface area contributed by atoms with Gasteiger partial charge in [-0.3, -0.25) is 0 Å². The van der Waals surface area contributed by atoms with Crippen molar-refractivity contribution in [1.29, 1.82) is 0 Å². The molecule has 2 atom stereocenters. The van der Waals surface area contributed by atoms with Crippen molar-refractivity contribution >= 4 is 8.32 Å². The second-order valence-electron chi connectivity index (χ2n) is 9.48. The van der Waals surface area contributed by atoms with Crippen molar-refractivity contribution in [2.45, 2.75) is 71.3 Å². The number of hydrogen-bond donors (Lipinski definition) is 1.